The van der Waals surface area contributed by atoms with Crippen LogP contribution in [-0.4, -0.2) is 21.5 Å². The molecule has 3 heterocycles. The third-order valence-corrected chi connectivity index (χ3v) is 3.63. The number of hydrogen-bond acceptors (Lipinski definition) is 6. The fourth-order valence-corrected chi connectivity index (χ4v) is 2.70. The number of hydrogen-bond donors (Lipinski definition) is 2. The van der Waals surface area contributed by atoms with Crippen LogP contribution in [0.4, 0.5) is 10.9 Å². The molecule has 0 saturated carbocycles. The van der Waals surface area contributed by atoms with Crippen molar-refractivity contribution in [1.82, 2.24) is 20.3 Å². The molecule has 0 amide bonds. The van der Waals surface area contributed by atoms with Crippen LogP contribution >= 0.6 is 11.3 Å². The van der Waals surface area contributed by atoms with E-state index in [9.17, 15) is 0 Å². The molecule has 2 aromatic rings. The van der Waals surface area contributed by atoms with Gasteiger partial charge in [-0.05, 0) is 26.3 Å². The molecule has 1 fully saturated rings. The largest absolute Gasteiger partial charge is 0.316 e. The van der Waals surface area contributed by atoms with Crippen LogP contribution in [0.25, 0.3) is 0 Å². The summed E-state index contributed by atoms with van der Waals surface area (Å²) in [7, 11) is 0. The maximum Gasteiger partial charge on any atom is 0.188 e. The Kier molecular flexibility index (Phi) is 3.21. The van der Waals surface area contributed by atoms with E-state index < -0.39 is 0 Å². The third kappa shape index (κ3) is 2.49. The van der Waals surface area contributed by atoms with Crippen molar-refractivity contribution in [3.05, 3.63) is 29.2 Å². The Hall–Kier alpha value is -1.53. The van der Waals surface area contributed by atoms with Crippen LogP contribution < -0.4 is 10.6 Å². The zero-order chi connectivity index (χ0) is 12.4. The molecule has 0 bridgehead atoms. The predicted molar refractivity (Wildman–Crippen MR) is 72.1 cm³/mol. The zero-order valence-electron chi connectivity index (χ0n) is 10.2. The Bertz CT molecular complexity index is 519. The van der Waals surface area contributed by atoms with E-state index in [4.69, 9.17) is 0 Å². The Morgan fingerprint density at radius 3 is 3.11 bits per heavy atom. The minimum absolute atomic E-state index is 0.364. The molecule has 0 aliphatic carbocycles. The van der Waals surface area contributed by atoms with Crippen LogP contribution in [0.3, 0.4) is 0 Å². The lowest BCUT2D eigenvalue weighted by molar-refractivity contribution is 0.623. The highest BCUT2D eigenvalue weighted by molar-refractivity contribution is 7.13. The zero-order valence-corrected chi connectivity index (χ0v) is 11.0. The van der Waals surface area contributed by atoms with Crippen molar-refractivity contribution >= 4 is 22.3 Å². The van der Waals surface area contributed by atoms with Gasteiger partial charge in [0.15, 0.2) is 5.13 Å². The maximum atomic E-state index is 4.51. The molecule has 0 spiro atoms. The van der Waals surface area contributed by atoms with Gasteiger partial charge >= 0.3 is 0 Å². The molecule has 0 unspecified atom stereocenters. The molecule has 0 radical (unpaired) electrons. The third-order valence-electron chi connectivity index (χ3n) is 2.94. The van der Waals surface area contributed by atoms with E-state index in [1.54, 1.807) is 17.5 Å². The molecule has 6 heteroatoms. The van der Waals surface area contributed by atoms with Gasteiger partial charge in [-0.1, -0.05) is 0 Å². The number of rotatable bonds is 3. The van der Waals surface area contributed by atoms with Crippen molar-refractivity contribution in [2.45, 2.75) is 25.8 Å². The Balaban J connectivity index is 1.85. The summed E-state index contributed by atoms with van der Waals surface area (Å²) in [6.07, 6.45) is 4.14. The molecular formula is C12H15N5S. The fraction of sp³-hybridized carbons (Fsp3) is 0.417. The monoisotopic (exact) mass is 261 g/mol. The maximum absolute atomic E-state index is 4.51. The van der Waals surface area contributed by atoms with Gasteiger partial charge in [-0.2, -0.15) is 0 Å². The second-order valence-electron chi connectivity index (χ2n) is 4.34. The fourth-order valence-electron chi connectivity index (χ4n) is 2.17. The van der Waals surface area contributed by atoms with Gasteiger partial charge in [0, 0.05) is 23.7 Å². The second-order valence-corrected chi connectivity index (χ2v) is 5.23. The lowest BCUT2D eigenvalue weighted by Crippen LogP contribution is -2.15. The lowest BCUT2D eigenvalue weighted by Gasteiger charge is -2.12. The quantitative estimate of drug-likeness (QED) is 0.888. The average molecular weight is 261 g/mol. The van der Waals surface area contributed by atoms with Crippen molar-refractivity contribution < 1.29 is 0 Å². The summed E-state index contributed by atoms with van der Waals surface area (Å²) in [5.41, 5.74) is 1.07. The number of aryl methyl sites for hydroxylation is 1. The molecule has 18 heavy (non-hydrogen) atoms. The number of nitrogens with one attached hydrogen (secondary N) is 2. The van der Waals surface area contributed by atoms with Crippen LogP contribution in [0.15, 0.2) is 17.6 Å². The van der Waals surface area contributed by atoms with Crippen LogP contribution in [0.5, 0.6) is 0 Å². The highest BCUT2D eigenvalue weighted by Crippen LogP contribution is 2.24. The van der Waals surface area contributed by atoms with E-state index >= 15 is 0 Å². The summed E-state index contributed by atoms with van der Waals surface area (Å²) in [6, 6.07) is 2.38. The van der Waals surface area contributed by atoms with E-state index in [-0.39, 0.29) is 0 Å². The van der Waals surface area contributed by atoms with Crippen LogP contribution in [0.1, 0.15) is 30.4 Å². The normalized spacial score (nSPS) is 19.1. The second kappa shape index (κ2) is 4.99. The number of aromatic nitrogens is 3. The predicted octanol–water partition coefficient (Wildman–Crippen LogP) is 2.41. The van der Waals surface area contributed by atoms with E-state index in [0.29, 0.717) is 6.04 Å². The number of nitrogens with zero attached hydrogens (tertiary/aromatic N) is 3. The van der Waals surface area contributed by atoms with Crippen molar-refractivity contribution in [2.75, 3.05) is 11.9 Å². The van der Waals surface area contributed by atoms with E-state index in [1.165, 1.54) is 6.42 Å². The standard InChI is InChI=1S/C12H15N5S/c1-8-15-10(9-3-2-4-13-9)7-11(16-8)17-12-14-5-6-18-12/h5-7,9,13H,2-4H2,1H3,(H,14,15,16,17)/t9-/m1/s1. The summed E-state index contributed by atoms with van der Waals surface area (Å²) in [4.78, 5) is 13.1. The van der Waals surface area contributed by atoms with E-state index in [0.717, 1.165) is 35.4 Å². The highest BCUT2D eigenvalue weighted by atomic mass is 32.1. The minimum atomic E-state index is 0.364. The molecule has 0 aromatic carbocycles. The summed E-state index contributed by atoms with van der Waals surface area (Å²) in [6.45, 7) is 2.99. The molecule has 1 aliphatic rings. The first-order valence-electron chi connectivity index (χ1n) is 6.07. The molecular weight excluding hydrogens is 246 g/mol. The Labute approximate surface area is 110 Å². The number of anilines is 2. The molecule has 2 N–H and O–H groups in total. The Morgan fingerprint density at radius 2 is 2.39 bits per heavy atom. The van der Waals surface area contributed by atoms with Crippen LogP contribution in [0.2, 0.25) is 0 Å². The van der Waals surface area contributed by atoms with Gasteiger partial charge in [-0.25, -0.2) is 15.0 Å². The average Bonchev–Trinajstić information content (AvgIpc) is 3.00. The Morgan fingerprint density at radius 1 is 1.44 bits per heavy atom. The summed E-state index contributed by atoms with van der Waals surface area (Å²) in [5, 5.41) is 9.47. The molecule has 94 valence electrons. The minimum Gasteiger partial charge on any atom is -0.316 e. The topological polar surface area (TPSA) is 62.7 Å². The summed E-state index contributed by atoms with van der Waals surface area (Å²) < 4.78 is 0. The highest BCUT2D eigenvalue weighted by Gasteiger charge is 2.18. The van der Waals surface area contributed by atoms with E-state index in [1.807, 2.05) is 18.4 Å². The van der Waals surface area contributed by atoms with Crippen molar-refractivity contribution in [1.29, 1.82) is 0 Å². The van der Waals surface area contributed by atoms with Crippen molar-refractivity contribution in [2.24, 2.45) is 0 Å². The molecule has 3 rings (SSSR count). The molecule has 1 atom stereocenters. The van der Waals surface area contributed by atoms with Gasteiger partial charge in [0.1, 0.15) is 11.6 Å². The molecule has 1 aliphatic heterocycles. The van der Waals surface area contributed by atoms with Crippen molar-refractivity contribution in [3.8, 4) is 0 Å². The van der Waals surface area contributed by atoms with Gasteiger partial charge in [0.25, 0.3) is 0 Å². The first-order chi connectivity index (χ1) is 8.81. The number of thiazole rings is 1. The van der Waals surface area contributed by atoms with Gasteiger partial charge in [-0.3, -0.25) is 0 Å². The van der Waals surface area contributed by atoms with Gasteiger partial charge in [0.05, 0.1) is 5.69 Å². The molecule has 2 aromatic heterocycles. The lowest BCUT2D eigenvalue weighted by atomic mass is 10.1. The molecule has 5 nitrogen and oxygen atoms in total. The van der Waals surface area contributed by atoms with Gasteiger partial charge in [0.2, 0.25) is 0 Å². The summed E-state index contributed by atoms with van der Waals surface area (Å²) in [5.74, 6) is 1.61. The van der Waals surface area contributed by atoms with Gasteiger partial charge < -0.3 is 10.6 Å². The summed E-state index contributed by atoms with van der Waals surface area (Å²) >= 11 is 1.56. The van der Waals surface area contributed by atoms with Crippen LogP contribution in [0, 0.1) is 6.92 Å². The van der Waals surface area contributed by atoms with Gasteiger partial charge in [-0.15, -0.1) is 11.3 Å². The first kappa shape index (κ1) is 11.6. The SMILES string of the molecule is Cc1nc(Nc2nccs2)cc([C@H]2CCCN2)n1. The smallest absolute Gasteiger partial charge is 0.188 e. The van der Waals surface area contributed by atoms with E-state index in [2.05, 4.69) is 25.6 Å². The van der Waals surface area contributed by atoms with Crippen molar-refractivity contribution in [3.63, 3.8) is 0 Å². The first-order valence-corrected chi connectivity index (χ1v) is 6.95. The molecule has 1 saturated heterocycles. The van der Waals surface area contributed by atoms with Crippen LogP contribution in [-0.2, 0) is 0 Å².